The first-order chi connectivity index (χ1) is 14.7. The van der Waals surface area contributed by atoms with E-state index in [0.717, 1.165) is 55.2 Å². The zero-order valence-electron chi connectivity index (χ0n) is 17.3. The summed E-state index contributed by atoms with van der Waals surface area (Å²) < 4.78 is 5.33. The second kappa shape index (κ2) is 9.53. The highest BCUT2D eigenvalue weighted by Gasteiger charge is 2.26. The van der Waals surface area contributed by atoms with Crippen LogP contribution in [0.15, 0.2) is 66.9 Å². The van der Waals surface area contributed by atoms with E-state index in [2.05, 4.69) is 29.2 Å². The van der Waals surface area contributed by atoms with E-state index in [4.69, 9.17) is 9.72 Å². The van der Waals surface area contributed by atoms with Crippen LogP contribution in [0.1, 0.15) is 41.4 Å². The lowest BCUT2D eigenvalue weighted by atomic mass is 9.93. The molecule has 0 aliphatic carbocycles. The van der Waals surface area contributed by atoms with E-state index in [-0.39, 0.29) is 11.8 Å². The topological polar surface area (TPSA) is 55.3 Å². The number of ether oxygens (including phenoxy) is 1. The Bertz CT molecular complexity index is 990. The Morgan fingerprint density at radius 3 is 2.80 bits per heavy atom. The number of hydrogen-bond donors (Lipinski definition) is 0. The second-order valence-electron chi connectivity index (χ2n) is 7.76. The number of aromatic nitrogens is 2. The Labute approximate surface area is 177 Å². The standard InChI is InChI=1S/C25H27N3O2/c1-30-23-11-4-7-19(16-23)15-22-10-5-12-24(27-22)20-8-6-14-28(18-20)25(29)17-21-9-2-3-13-26-21/h2-5,7,9-13,16,20H,6,8,14-15,17-18H2,1H3/t20-/m1/s1. The molecule has 2 aromatic heterocycles. The molecule has 154 valence electrons. The maximum absolute atomic E-state index is 12.8. The Kier molecular flexibility index (Phi) is 6.38. The fourth-order valence-corrected chi connectivity index (χ4v) is 4.03. The molecule has 1 aliphatic rings. The number of benzene rings is 1. The van der Waals surface area contributed by atoms with E-state index < -0.39 is 0 Å². The summed E-state index contributed by atoms with van der Waals surface area (Å²) in [5, 5.41) is 0. The van der Waals surface area contributed by atoms with E-state index in [1.165, 1.54) is 5.56 Å². The van der Waals surface area contributed by atoms with Crippen molar-refractivity contribution in [2.45, 2.75) is 31.6 Å². The first-order valence-electron chi connectivity index (χ1n) is 10.5. The Morgan fingerprint density at radius 1 is 1.10 bits per heavy atom. The monoisotopic (exact) mass is 401 g/mol. The molecule has 0 spiro atoms. The van der Waals surface area contributed by atoms with Crippen molar-refractivity contribution < 1.29 is 9.53 Å². The highest BCUT2D eigenvalue weighted by molar-refractivity contribution is 5.78. The van der Waals surface area contributed by atoms with Crippen LogP contribution in [0, 0.1) is 0 Å². The van der Waals surface area contributed by atoms with Crippen LogP contribution in [0.25, 0.3) is 0 Å². The van der Waals surface area contributed by atoms with E-state index in [9.17, 15) is 4.79 Å². The van der Waals surface area contributed by atoms with Gasteiger partial charge in [0.15, 0.2) is 0 Å². The van der Waals surface area contributed by atoms with E-state index in [1.54, 1.807) is 13.3 Å². The highest BCUT2D eigenvalue weighted by atomic mass is 16.5. The summed E-state index contributed by atoms with van der Waals surface area (Å²) in [6, 6.07) is 20.0. The van der Waals surface area contributed by atoms with Gasteiger partial charge in [-0.2, -0.15) is 0 Å². The molecule has 5 heteroatoms. The summed E-state index contributed by atoms with van der Waals surface area (Å²) in [7, 11) is 1.68. The van der Waals surface area contributed by atoms with Gasteiger partial charge in [-0.3, -0.25) is 14.8 Å². The predicted octanol–water partition coefficient (Wildman–Crippen LogP) is 4.02. The van der Waals surface area contributed by atoms with Gasteiger partial charge in [0.2, 0.25) is 5.91 Å². The number of piperidine rings is 1. The number of nitrogens with zero attached hydrogens (tertiary/aromatic N) is 3. The van der Waals surface area contributed by atoms with Gasteiger partial charge in [0, 0.05) is 48.7 Å². The molecule has 30 heavy (non-hydrogen) atoms. The van der Waals surface area contributed by atoms with Crippen LogP contribution in [-0.4, -0.2) is 41.0 Å². The Balaban J connectivity index is 1.43. The van der Waals surface area contributed by atoms with Crippen LogP contribution in [0.5, 0.6) is 5.75 Å². The number of hydrogen-bond acceptors (Lipinski definition) is 4. The van der Waals surface area contributed by atoms with Crippen LogP contribution >= 0.6 is 0 Å². The van der Waals surface area contributed by atoms with Gasteiger partial charge >= 0.3 is 0 Å². The lowest BCUT2D eigenvalue weighted by Crippen LogP contribution is -2.40. The van der Waals surface area contributed by atoms with Gasteiger partial charge in [0.05, 0.1) is 13.5 Å². The van der Waals surface area contributed by atoms with Gasteiger partial charge in [-0.25, -0.2) is 0 Å². The summed E-state index contributed by atoms with van der Waals surface area (Å²) in [5.74, 6) is 1.28. The molecule has 5 nitrogen and oxygen atoms in total. The lowest BCUT2D eigenvalue weighted by Gasteiger charge is -2.32. The third-order valence-corrected chi connectivity index (χ3v) is 5.60. The Hall–Kier alpha value is -3.21. The van der Waals surface area contributed by atoms with Gasteiger partial charge in [-0.15, -0.1) is 0 Å². The highest BCUT2D eigenvalue weighted by Crippen LogP contribution is 2.26. The zero-order chi connectivity index (χ0) is 20.8. The fourth-order valence-electron chi connectivity index (χ4n) is 4.03. The first-order valence-corrected chi connectivity index (χ1v) is 10.5. The van der Waals surface area contributed by atoms with Crippen molar-refractivity contribution in [1.29, 1.82) is 0 Å². The quantitative estimate of drug-likeness (QED) is 0.626. The third kappa shape index (κ3) is 5.03. The molecule has 3 aromatic rings. The van der Waals surface area contributed by atoms with Gasteiger partial charge < -0.3 is 9.64 Å². The van der Waals surface area contributed by atoms with Crippen LogP contribution in [0.4, 0.5) is 0 Å². The summed E-state index contributed by atoms with van der Waals surface area (Å²) in [4.78, 5) is 24.0. The number of carbonyl (C=O) groups excluding carboxylic acids is 1. The van der Waals surface area contributed by atoms with Gasteiger partial charge in [-0.1, -0.05) is 24.3 Å². The normalized spacial score (nSPS) is 16.3. The third-order valence-electron chi connectivity index (χ3n) is 5.60. The predicted molar refractivity (Wildman–Crippen MR) is 117 cm³/mol. The smallest absolute Gasteiger partial charge is 0.228 e. The molecule has 0 radical (unpaired) electrons. The minimum absolute atomic E-state index is 0.144. The maximum atomic E-state index is 12.8. The second-order valence-corrected chi connectivity index (χ2v) is 7.76. The molecular weight excluding hydrogens is 374 g/mol. The van der Waals surface area contributed by atoms with Gasteiger partial charge in [0.25, 0.3) is 0 Å². The number of amides is 1. The molecule has 0 N–H and O–H groups in total. The van der Waals surface area contributed by atoms with Crippen molar-refractivity contribution in [2.75, 3.05) is 20.2 Å². The van der Waals surface area contributed by atoms with Crippen molar-refractivity contribution in [3.8, 4) is 5.75 Å². The van der Waals surface area contributed by atoms with Crippen LogP contribution < -0.4 is 4.74 Å². The largest absolute Gasteiger partial charge is 0.497 e. The average molecular weight is 402 g/mol. The minimum Gasteiger partial charge on any atom is -0.497 e. The van der Waals surface area contributed by atoms with Gasteiger partial charge in [-0.05, 0) is 54.8 Å². The molecule has 1 fully saturated rings. The molecule has 0 unspecified atom stereocenters. The van der Waals surface area contributed by atoms with Crippen molar-refractivity contribution in [1.82, 2.24) is 14.9 Å². The fraction of sp³-hybridized carbons (Fsp3) is 0.320. The number of likely N-dealkylation sites (tertiary alicyclic amines) is 1. The summed E-state index contributed by atoms with van der Waals surface area (Å²) in [6.45, 7) is 1.53. The lowest BCUT2D eigenvalue weighted by molar-refractivity contribution is -0.131. The summed E-state index contributed by atoms with van der Waals surface area (Å²) in [6.07, 6.45) is 4.92. The minimum atomic E-state index is 0.144. The molecule has 3 heterocycles. The van der Waals surface area contributed by atoms with Crippen LogP contribution in [0.3, 0.4) is 0 Å². The molecule has 0 bridgehead atoms. The zero-order valence-corrected chi connectivity index (χ0v) is 17.3. The number of carbonyl (C=O) groups is 1. The molecule has 1 amide bonds. The SMILES string of the molecule is COc1cccc(Cc2cccc([C@@H]3CCCN(C(=O)Cc4ccccn4)C3)n2)c1. The van der Waals surface area contributed by atoms with Crippen LogP contribution in [0.2, 0.25) is 0 Å². The van der Waals surface area contributed by atoms with Gasteiger partial charge in [0.1, 0.15) is 5.75 Å². The average Bonchev–Trinajstić information content (AvgIpc) is 2.80. The van der Waals surface area contributed by atoms with E-state index in [1.807, 2.05) is 41.3 Å². The van der Waals surface area contributed by atoms with E-state index >= 15 is 0 Å². The number of pyridine rings is 2. The molecule has 1 atom stereocenters. The molecule has 1 aromatic carbocycles. The number of methoxy groups -OCH3 is 1. The first kappa shape index (κ1) is 20.1. The molecule has 4 rings (SSSR count). The van der Waals surface area contributed by atoms with Crippen molar-refractivity contribution in [3.05, 3.63) is 89.5 Å². The Morgan fingerprint density at radius 2 is 1.97 bits per heavy atom. The molecule has 0 saturated carbocycles. The van der Waals surface area contributed by atoms with Crippen molar-refractivity contribution in [2.24, 2.45) is 0 Å². The molecule has 1 aliphatic heterocycles. The number of rotatable bonds is 6. The maximum Gasteiger partial charge on any atom is 0.228 e. The molecule has 1 saturated heterocycles. The van der Waals surface area contributed by atoms with Crippen molar-refractivity contribution in [3.63, 3.8) is 0 Å². The summed E-state index contributed by atoms with van der Waals surface area (Å²) in [5.41, 5.74) is 4.11. The summed E-state index contributed by atoms with van der Waals surface area (Å²) >= 11 is 0. The van der Waals surface area contributed by atoms with Crippen LogP contribution in [-0.2, 0) is 17.6 Å². The van der Waals surface area contributed by atoms with E-state index in [0.29, 0.717) is 6.42 Å². The molecular formula is C25H27N3O2. The van der Waals surface area contributed by atoms with Crippen molar-refractivity contribution >= 4 is 5.91 Å².